The zero-order chi connectivity index (χ0) is 54.8. The van der Waals surface area contributed by atoms with Crippen LogP contribution in [0.5, 0.6) is 0 Å². The van der Waals surface area contributed by atoms with Gasteiger partial charge in [-0.2, -0.15) is 0 Å². The summed E-state index contributed by atoms with van der Waals surface area (Å²) in [4.78, 5) is 12.5. The van der Waals surface area contributed by atoms with Crippen LogP contribution in [0.4, 0.5) is 0 Å². The van der Waals surface area contributed by atoms with Crippen molar-refractivity contribution in [1.82, 2.24) is 5.32 Å². The van der Waals surface area contributed by atoms with Gasteiger partial charge < -0.3 is 15.5 Å². The number of carbonyl (C=O) groups excluding carboxylic acids is 1. The van der Waals surface area contributed by atoms with E-state index in [4.69, 9.17) is 0 Å². The number of hydrogen-bond donors (Lipinski definition) is 3. The molecule has 0 fully saturated rings. The first-order chi connectivity index (χ1) is 37.7. The molecule has 76 heavy (non-hydrogen) atoms. The number of aliphatic hydroxyl groups excluding tert-OH is 2. The van der Waals surface area contributed by atoms with Crippen LogP contribution >= 0.6 is 0 Å². The number of allylic oxidation sites excluding steroid dienone is 13. The third-order valence-corrected chi connectivity index (χ3v) is 15.4. The normalized spacial score (nSPS) is 13.3. The van der Waals surface area contributed by atoms with Crippen LogP contribution in [-0.4, -0.2) is 34.9 Å². The van der Waals surface area contributed by atoms with Gasteiger partial charge in [0.05, 0.1) is 18.8 Å². The second-order valence-corrected chi connectivity index (χ2v) is 22.9. The number of carbonyl (C=O) groups is 1. The Balaban J connectivity index is 3.46. The van der Waals surface area contributed by atoms with Crippen molar-refractivity contribution >= 4 is 5.91 Å². The molecule has 0 aromatic carbocycles. The Kier molecular flexibility index (Phi) is 64.7. The zero-order valence-electron chi connectivity index (χ0n) is 51.0. The van der Waals surface area contributed by atoms with Crippen molar-refractivity contribution < 1.29 is 15.0 Å². The van der Waals surface area contributed by atoms with Crippen molar-refractivity contribution in [2.75, 3.05) is 6.61 Å². The van der Waals surface area contributed by atoms with Crippen LogP contribution in [0, 0.1) is 0 Å². The summed E-state index contributed by atoms with van der Waals surface area (Å²) in [6.45, 7) is 4.21. The average Bonchev–Trinajstić information content (AvgIpc) is 3.42. The van der Waals surface area contributed by atoms with Gasteiger partial charge in [-0.25, -0.2) is 0 Å². The predicted molar refractivity (Wildman–Crippen MR) is 340 cm³/mol. The van der Waals surface area contributed by atoms with Gasteiger partial charge in [-0.05, 0) is 77.0 Å². The SMILES string of the molecule is CC/C=C\C/C=C\C/C=C\C/C=C\C/C=C\CCCCCCCCCCCCCCCCCCCCCCCCCC(=O)NC(CO)C(O)/C=C/CC/C=C/CCCCCCCCCCCCCCCCCCCCC. The highest BCUT2D eigenvalue weighted by molar-refractivity contribution is 5.76. The molecule has 0 rings (SSSR count). The van der Waals surface area contributed by atoms with E-state index in [0.717, 1.165) is 64.2 Å². The maximum atomic E-state index is 12.5. The second-order valence-electron chi connectivity index (χ2n) is 22.9. The van der Waals surface area contributed by atoms with E-state index in [0.29, 0.717) is 6.42 Å². The van der Waals surface area contributed by atoms with E-state index in [9.17, 15) is 15.0 Å². The molecule has 4 heteroatoms. The fourth-order valence-electron chi connectivity index (χ4n) is 10.3. The summed E-state index contributed by atoms with van der Waals surface area (Å²) in [6.07, 6.45) is 98.1. The summed E-state index contributed by atoms with van der Waals surface area (Å²) in [7, 11) is 0. The molecule has 0 aliphatic heterocycles. The van der Waals surface area contributed by atoms with E-state index in [1.165, 1.54) is 263 Å². The Hall–Kier alpha value is -2.43. The summed E-state index contributed by atoms with van der Waals surface area (Å²) in [5, 5.41) is 23.2. The molecule has 0 radical (unpaired) electrons. The van der Waals surface area contributed by atoms with Crippen LogP contribution < -0.4 is 5.32 Å². The number of nitrogens with one attached hydrogen (secondary N) is 1. The molecule has 1 amide bonds. The molecule has 442 valence electrons. The molecular weight excluding hydrogens is 927 g/mol. The minimum absolute atomic E-state index is 0.0688. The van der Waals surface area contributed by atoms with E-state index in [1.54, 1.807) is 6.08 Å². The molecule has 0 aromatic heterocycles. The van der Waals surface area contributed by atoms with Crippen molar-refractivity contribution in [1.29, 1.82) is 0 Å². The first-order valence-corrected chi connectivity index (χ1v) is 33.8. The standard InChI is InChI=1S/C72H131NO3/c1-3-5-7-9-11-13-15-17-19-21-23-25-27-29-30-31-32-33-34-35-36-37-38-39-40-41-42-44-46-48-50-52-54-56-58-60-62-64-66-68-72(76)73-70(69-74)71(75)67-65-63-61-59-57-55-53-51-49-47-45-43-28-26-24-22-20-18-16-14-12-10-8-6-4-2/h5,7,11,13,17,19,23,25,29-30,57,59,65,67,70-71,74-75H,3-4,6,8-10,12,14-16,18,20-22,24,26-28,31-56,58,60-64,66,68-69H2,1-2H3,(H,73,76)/b7-5-,13-11-,19-17-,25-23-,30-29-,59-57+,67-65+. The number of hydrogen-bond acceptors (Lipinski definition) is 3. The Bertz CT molecular complexity index is 1340. The lowest BCUT2D eigenvalue weighted by atomic mass is 10.0. The highest BCUT2D eigenvalue weighted by Gasteiger charge is 2.18. The lowest BCUT2D eigenvalue weighted by Gasteiger charge is -2.19. The van der Waals surface area contributed by atoms with Gasteiger partial charge in [-0.1, -0.05) is 349 Å². The van der Waals surface area contributed by atoms with Crippen molar-refractivity contribution in [3.63, 3.8) is 0 Å². The fourth-order valence-corrected chi connectivity index (χ4v) is 10.3. The Labute approximate surface area is 475 Å². The van der Waals surface area contributed by atoms with Gasteiger partial charge in [-0.3, -0.25) is 4.79 Å². The third-order valence-electron chi connectivity index (χ3n) is 15.4. The van der Waals surface area contributed by atoms with E-state index in [-0.39, 0.29) is 12.5 Å². The Morgan fingerprint density at radius 2 is 0.592 bits per heavy atom. The van der Waals surface area contributed by atoms with Gasteiger partial charge in [0.2, 0.25) is 5.91 Å². The monoisotopic (exact) mass is 1060 g/mol. The maximum Gasteiger partial charge on any atom is 0.220 e. The van der Waals surface area contributed by atoms with Crippen molar-refractivity contribution in [3.05, 3.63) is 85.1 Å². The largest absolute Gasteiger partial charge is 0.394 e. The minimum atomic E-state index is -0.865. The molecule has 2 unspecified atom stereocenters. The highest BCUT2D eigenvalue weighted by Crippen LogP contribution is 2.18. The smallest absolute Gasteiger partial charge is 0.220 e. The van der Waals surface area contributed by atoms with Crippen LogP contribution in [0.15, 0.2) is 85.1 Å². The summed E-state index contributed by atoms with van der Waals surface area (Å²) < 4.78 is 0. The quantitative estimate of drug-likeness (QED) is 0.0420. The lowest BCUT2D eigenvalue weighted by molar-refractivity contribution is -0.123. The molecule has 0 aliphatic rings. The van der Waals surface area contributed by atoms with Gasteiger partial charge in [0.15, 0.2) is 0 Å². The molecule has 0 heterocycles. The number of aliphatic hydroxyl groups is 2. The summed E-state index contributed by atoms with van der Waals surface area (Å²) in [5.41, 5.74) is 0. The molecule has 0 spiro atoms. The lowest BCUT2D eigenvalue weighted by Crippen LogP contribution is -2.45. The van der Waals surface area contributed by atoms with Crippen LogP contribution in [0.1, 0.15) is 348 Å². The average molecular weight is 1060 g/mol. The predicted octanol–water partition coefficient (Wildman–Crippen LogP) is 23.0. The molecule has 0 aliphatic carbocycles. The van der Waals surface area contributed by atoms with E-state index >= 15 is 0 Å². The first-order valence-electron chi connectivity index (χ1n) is 33.8. The van der Waals surface area contributed by atoms with Gasteiger partial charge in [0.1, 0.15) is 0 Å². The van der Waals surface area contributed by atoms with E-state index < -0.39 is 12.1 Å². The first kappa shape index (κ1) is 73.6. The maximum absolute atomic E-state index is 12.5. The minimum Gasteiger partial charge on any atom is -0.394 e. The molecule has 0 saturated carbocycles. The fraction of sp³-hybridized carbons (Fsp3) is 0.792. The van der Waals surface area contributed by atoms with Gasteiger partial charge in [0, 0.05) is 6.42 Å². The van der Waals surface area contributed by atoms with Crippen molar-refractivity contribution in [2.45, 2.75) is 360 Å². The van der Waals surface area contributed by atoms with Crippen molar-refractivity contribution in [2.24, 2.45) is 0 Å². The summed E-state index contributed by atoms with van der Waals surface area (Å²) in [6, 6.07) is -0.642. The van der Waals surface area contributed by atoms with Gasteiger partial charge in [-0.15, -0.1) is 0 Å². The molecule has 0 aromatic rings. The molecule has 2 atom stereocenters. The molecule has 4 nitrogen and oxygen atoms in total. The Morgan fingerprint density at radius 1 is 0.329 bits per heavy atom. The van der Waals surface area contributed by atoms with Crippen LogP contribution in [0.2, 0.25) is 0 Å². The second kappa shape index (κ2) is 66.8. The van der Waals surface area contributed by atoms with Crippen LogP contribution in [0.3, 0.4) is 0 Å². The molecule has 3 N–H and O–H groups in total. The summed E-state index contributed by atoms with van der Waals surface area (Å²) >= 11 is 0. The molecule has 0 saturated heterocycles. The number of unbranched alkanes of at least 4 members (excludes halogenated alkanes) is 43. The van der Waals surface area contributed by atoms with Gasteiger partial charge in [0.25, 0.3) is 0 Å². The van der Waals surface area contributed by atoms with Gasteiger partial charge >= 0.3 is 0 Å². The molecular formula is C72H131NO3. The van der Waals surface area contributed by atoms with Crippen LogP contribution in [-0.2, 0) is 4.79 Å². The van der Waals surface area contributed by atoms with Crippen molar-refractivity contribution in [3.8, 4) is 0 Å². The third kappa shape index (κ3) is 62.4. The highest BCUT2D eigenvalue weighted by atomic mass is 16.3. The Morgan fingerprint density at radius 3 is 0.921 bits per heavy atom. The number of amides is 1. The number of rotatable bonds is 62. The molecule has 0 bridgehead atoms. The van der Waals surface area contributed by atoms with E-state index in [2.05, 4.69) is 92.1 Å². The summed E-state index contributed by atoms with van der Waals surface area (Å²) in [5.74, 6) is -0.0688. The van der Waals surface area contributed by atoms with E-state index in [1.807, 2.05) is 6.08 Å². The topological polar surface area (TPSA) is 69.6 Å². The zero-order valence-corrected chi connectivity index (χ0v) is 51.0. The van der Waals surface area contributed by atoms with Crippen LogP contribution in [0.25, 0.3) is 0 Å².